The van der Waals surface area contributed by atoms with E-state index in [-0.39, 0.29) is 17.9 Å². The van der Waals surface area contributed by atoms with Crippen molar-refractivity contribution in [1.82, 2.24) is 10.6 Å². The van der Waals surface area contributed by atoms with Crippen LogP contribution in [0.5, 0.6) is 0 Å². The normalized spacial score (nSPS) is 12.8. The largest absolute Gasteiger partial charge is 0.347 e. The van der Waals surface area contributed by atoms with Gasteiger partial charge in [-0.1, -0.05) is 72.8 Å². The molecule has 0 saturated carbocycles. The minimum atomic E-state index is -0.774. The van der Waals surface area contributed by atoms with Gasteiger partial charge in [-0.25, -0.2) is 0 Å². The van der Waals surface area contributed by atoms with Gasteiger partial charge in [-0.3, -0.25) is 9.59 Å². The summed E-state index contributed by atoms with van der Waals surface area (Å²) in [5.41, 5.74) is 1.75. The Bertz CT molecular complexity index is 1160. The summed E-state index contributed by atoms with van der Waals surface area (Å²) in [5.74, 6) is -0.501. The van der Waals surface area contributed by atoms with E-state index in [9.17, 15) is 9.59 Å². The Morgan fingerprint density at radius 2 is 1.50 bits per heavy atom. The molecule has 0 aliphatic rings. The highest BCUT2D eigenvalue weighted by atomic mass is 32.1. The minimum absolute atomic E-state index is 0.202. The van der Waals surface area contributed by atoms with Gasteiger partial charge in [0.15, 0.2) is 0 Å². The predicted molar refractivity (Wildman–Crippen MR) is 121 cm³/mol. The van der Waals surface area contributed by atoms with Gasteiger partial charge in [0, 0.05) is 0 Å². The lowest BCUT2D eigenvalue weighted by Gasteiger charge is -2.22. The molecule has 1 aromatic heterocycles. The van der Waals surface area contributed by atoms with Gasteiger partial charge < -0.3 is 10.6 Å². The molecule has 4 aromatic rings. The monoisotopic (exact) mass is 414 g/mol. The number of rotatable bonds is 6. The lowest BCUT2D eigenvalue weighted by Crippen LogP contribution is -2.41. The van der Waals surface area contributed by atoms with Crippen LogP contribution in [0.25, 0.3) is 10.8 Å². The first kappa shape index (κ1) is 19.9. The fourth-order valence-corrected chi connectivity index (χ4v) is 4.04. The number of fused-ring (bicyclic) bond motifs is 1. The Hall–Kier alpha value is -3.44. The zero-order valence-electron chi connectivity index (χ0n) is 16.5. The number of hydrogen-bond acceptors (Lipinski definition) is 3. The van der Waals surface area contributed by atoms with Crippen LogP contribution < -0.4 is 10.6 Å². The molecule has 3 aromatic carbocycles. The quantitative estimate of drug-likeness (QED) is 0.453. The van der Waals surface area contributed by atoms with E-state index in [1.54, 1.807) is 6.07 Å². The smallest absolute Gasteiger partial charge is 0.262 e. The maximum atomic E-state index is 13.2. The third-order valence-corrected chi connectivity index (χ3v) is 5.92. The Morgan fingerprint density at radius 1 is 0.767 bits per heavy atom. The zero-order chi connectivity index (χ0) is 20.9. The molecular weight excluding hydrogens is 392 g/mol. The van der Waals surface area contributed by atoms with E-state index in [1.165, 1.54) is 11.3 Å². The Kier molecular flexibility index (Phi) is 5.91. The zero-order valence-corrected chi connectivity index (χ0v) is 17.4. The molecule has 0 saturated heterocycles. The first-order valence-corrected chi connectivity index (χ1v) is 10.7. The number of amides is 2. The summed E-state index contributed by atoms with van der Waals surface area (Å²) >= 11 is 1.35. The van der Waals surface area contributed by atoms with E-state index in [0.29, 0.717) is 4.88 Å². The molecule has 0 bridgehead atoms. The SMILES string of the molecule is C[C@@H](NC(=O)[C@@H](NC(=O)c1cccs1)c1ccccc1)c1ccc2ccccc2c1. The third kappa shape index (κ3) is 4.42. The van der Waals surface area contributed by atoms with Crippen LogP contribution in [0.3, 0.4) is 0 Å². The fraction of sp³-hybridized carbons (Fsp3) is 0.120. The molecule has 5 heteroatoms. The van der Waals surface area contributed by atoms with E-state index in [1.807, 2.05) is 66.9 Å². The third-order valence-electron chi connectivity index (χ3n) is 5.05. The van der Waals surface area contributed by atoms with Gasteiger partial charge in [-0.05, 0) is 46.3 Å². The fourth-order valence-electron chi connectivity index (χ4n) is 3.41. The molecule has 150 valence electrons. The van der Waals surface area contributed by atoms with Crippen LogP contribution >= 0.6 is 11.3 Å². The molecule has 0 spiro atoms. The molecule has 30 heavy (non-hydrogen) atoms. The number of nitrogens with one attached hydrogen (secondary N) is 2. The number of carbonyl (C=O) groups excluding carboxylic acids is 2. The second kappa shape index (κ2) is 8.93. The molecule has 1 heterocycles. The molecule has 0 aliphatic carbocycles. The topological polar surface area (TPSA) is 58.2 Å². The van der Waals surface area contributed by atoms with Gasteiger partial charge in [0.1, 0.15) is 6.04 Å². The number of thiophene rings is 1. The highest BCUT2D eigenvalue weighted by Gasteiger charge is 2.25. The Morgan fingerprint density at radius 3 is 2.23 bits per heavy atom. The van der Waals surface area contributed by atoms with Gasteiger partial charge in [0.2, 0.25) is 5.91 Å². The van der Waals surface area contributed by atoms with Crippen LogP contribution in [0, 0.1) is 0 Å². The second-order valence-electron chi connectivity index (χ2n) is 7.13. The number of carbonyl (C=O) groups is 2. The molecule has 0 aliphatic heterocycles. The molecule has 2 atom stereocenters. The first-order valence-electron chi connectivity index (χ1n) is 9.80. The maximum absolute atomic E-state index is 13.2. The summed E-state index contributed by atoms with van der Waals surface area (Å²) in [6, 6.07) is 26.2. The van der Waals surface area contributed by atoms with E-state index in [4.69, 9.17) is 0 Å². The summed E-state index contributed by atoms with van der Waals surface area (Å²) in [6.07, 6.45) is 0. The summed E-state index contributed by atoms with van der Waals surface area (Å²) in [5, 5.41) is 10.1. The number of benzene rings is 3. The standard InChI is InChI=1S/C25H22N2O2S/c1-17(20-14-13-18-8-5-6-11-21(18)16-20)26-25(29)23(19-9-3-2-4-10-19)27-24(28)22-12-7-15-30-22/h2-17,23H,1H3,(H,26,29)(H,27,28)/t17-,23+/m1/s1. The lowest BCUT2D eigenvalue weighted by molar-refractivity contribution is -0.123. The molecule has 2 amide bonds. The summed E-state index contributed by atoms with van der Waals surface area (Å²) < 4.78 is 0. The average molecular weight is 415 g/mol. The van der Waals surface area contributed by atoms with E-state index >= 15 is 0 Å². The highest BCUT2D eigenvalue weighted by Crippen LogP contribution is 2.22. The maximum Gasteiger partial charge on any atom is 0.262 e. The van der Waals surface area contributed by atoms with Crippen molar-refractivity contribution >= 4 is 33.9 Å². The van der Waals surface area contributed by atoms with Crippen molar-refractivity contribution in [3.05, 3.63) is 106 Å². The molecule has 0 unspecified atom stereocenters. The van der Waals surface area contributed by atoms with Crippen LogP contribution in [-0.2, 0) is 4.79 Å². The van der Waals surface area contributed by atoms with Crippen molar-refractivity contribution in [3.63, 3.8) is 0 Å². The van der Waals surface area contributed by atoms with Gasteiger partial charge in [-0.2, -0.15) is 0 Å². The van der Waals surface area contributed by atoms with Crippen molar-refractivity contribution in [2.75, 3.05) is 0 Å². The summed E-state index contributed by atoms with van der Waals surface area (Å²) in [6.45, 7) is 1.95. The lowest BCUT2D eigenvalue weighted by atomic mass is 10.0. The number of hydrogen-bond donors (Lipinski definition) is 2. The average Bonchev–Trinajstić information content (AvgIpc) is 3.32. The van der Waals surface area contributed by atoms with Gasteiger partial charge in [0.25, 0.3) is 5.91 Å². The van der Waals surface area contributed by atoms with Crippen LogP contribution in [0.2, 0.25) is 0 Å². The molecule has 2 N–H and O–H groups in total. The Labute approximate surface area is 179 Å². The predicted octanol–water partition coefficient (Wildman–Crippen LogP) is 5.25. The molecule has 4 rings (SSSR count). The molecule has 0 fully saturated rings. The van der Waals surface area contributed by atoms with Gasteiger partial charge >= 0.3 is 0 Å². The van der Waals surface area contributed by atoms with Crippen molar-refractivity contribution in [2.45, 2.75) is 19.0 Å². The van der Waals surface area contributed by atoms with Crippen LogP contribution in [-0.4, -0.2) is 11.8 Å². The van der Waals surface area contributed by atoms with Crippen molar-refractivity contribution in [2.24, 2.45) is 0 Å². The van der Waals surface area contributed by atoms with Crippen molar-refractivity contribution < 1.29 is 9.59 Å². The van der Waals surface area contributed by atoms with Crippen LogP contribution in [0.4, 0.5) is 0 Å². The first-order chi connectivity index (χ1) is 14.6. The van der Waals surface area contributed by atoms with Gasteiger partial charge in [0.05, 0.1) is 10.9 Å². The minimum Gasteiger partial charge on any atom is -0.347 e. The molecule has 4 nitrogen and oxygen atoms in total. The highest BCUT2D eigenvalue weighted by molar-refractivity contribution is 7.12. The van der Waals surface area contributed by atoms with Gasteiger partial charge in [-0.15, -0.1) is 11.3 Å². The Balaban J connectivity index is 1.55. The van der Waals surface area contributed by atoms with Crippen LogP contribution in [0.15, 0.2) is 90.3 Å². The second-order valence-corrected chi connectivity index (χ2v) is 8.08. The van der Waals surface area contributed by atoms with Crippen molar-refractivity contribution in [3.8, 4) is 0 Å². The summed E-state index contributed by atoms with van der Waals surface area (Å²) in [4.78, 5) is 26.4. The van der Waals surface area contributed by atoms with E-state index in [2.05, 4.69) is 34.9 Å². The van der Waals surface area contributed by atoms with E-state index < -0.39 is 6.04 Å². The molecular formula is C25H22N2O2S. The van der Waals surface area contributed by atoms with Crippen molar-refractivity contribution in [1.29, 1.82) is 0 Å². The summed E-state index contributed by atoms with van der Waals surface area (Å²) in [7, 11) is 0. The van der Waals surface area contributed by atoms with Crippen LogP contribution in [0.1, 0.15) is 39.8 Å². The van der Waals surface area contributed by atoms with E-state index in [0.717, 1.165) is 21.9 Å². The molecule has 0 radical (unpaired) electrons.